The highest BCUT2D eigenvalue weighted by Crippen LogP contribution is 2.42. The van der Waals surface area contributed by atoms with Crippen LogP contribution in [-0.2, 0) is 11.3 Å². The Kier molecular flexibility index (Phi) is 6.02. The number of rotatable bonds is 6. The van der Waals surface area contributed by atoms with E-state index in [0.29, 0.717) is 16.3 Å². The molecule has 0 radical (unpaired) electrons. The first-order valence-electron chi connectivity index (χ1n) is 9.57. The van der Waals surface area contributed by atoms with Crippen molar-refractivity contribution in [2.75, 3.05) is 5.32 Å². The summed E-state index contributed by atoms with van der Waals surface area (Å²) in [6.45, 7) is 1.73. The molecule has 0 saturated carbocycles. The second-order valence-corrected chi connectivity index (χ2v) is 8.49. The molecule has 31 heavy (non-hydrogen) atoms. The van der Waals surface area contributed by atoms with Crippen LogP contribution in [0, 0.1) is 6.92 Å². The summed E-state index contributed by atoms with van der Waals surface area (Å²) in [6.07, 6.45) is 0. The minimum atomic E-state index is -0.929. The fourth-order valence-electron chi connectivity index (χ4n) is 3.46. The molecule has 0 atom stereocenters. The predicted octanol–water partition coefficient (Wildman–Crippen LogP) is 6.09. The third kappa shape index (κ3) is 4.45. The first-order valence-corrected chi connectivity index (χ1v) is 10.8. The maximum atomic E-state index is 12.8. The Morgan fingerprint density at radius 2 is 1.71 bits per heavy atom. The number of carbonyl (C=O) groups excluding carboxylic acids is 1. The van der Waals surface area contributed by atoms with Crippen LogP contribution in [-0.4, -0.2) is 21.6 Å². The summed E-state index contributed by atoms with van der Waals surface area (Å²) in [7, 11) is 0. The predicted molar refractivity (Wildman–Crippen MR) is 124 cm³/mol. The van der Waals surface area contributed by atoms with Crippen LogP contribution in [0.2, 0.25) is 5.02 Å². The number of aromatic nitrogens is 1. The van der Waals surface area contributed by atoms with Gasteiger partial charge in [-0.3, -0.25) is 9.59 Å². The van der Waals surface area contributed by atoms with Crippen LogP contribution in [0.25, 0.3) is 10.9 Å². The van der Waals surface area contributed by atoms with Crippen molar-refractivity contribution < 1.29 is 14.7 Å². The van der Waals surface area contributed by atoms with E-state index in [1.165, 1.54) is 11.8 Å². The molecule has 7 heteroatoms. The summed E-state index contributed by atoms with van der Waals surface area (Å²) in [5.74, 6) is -1.15. The van der Waals surface area contributed by atoms with Gasteiger partial charge in [-0.2, -0.15) is 0 Å². The van der Waals surface area contributed by atoms with E-state index in [4.69, 9.17) is 11.6 Å². The molecule has 4 rings (SSSR count). The highest BCUT2D eigenvalue weighted by atomic mass is 35.5. The Labute approximate surface area is 188 Å². The van der Waals surface area contributed by atoms with Gasteiger partial charge >= 0.3 is 5.97 Å². The summed E-state index contributed by atoms with van der Waals surface area (Å²) in [6, 6.07) is 22.0. The van der Waals surface area contributed by atoms with E-state index >= 15 is 0 Å². The van der Waals surface area contributed by atoms with Crippen LogP contribution in [0.5, 0.6) is 0 Å². The molecule has 0 aliphatic heterocycles. The quantitative estimate of drug-likeness (QED) is 0.373. The van der Waals surface area contributed by atoms with Crippen LogP contribution in [0.4, 0.5) is 5.69 Å². The zero-order valence-corrected chi connectivity index (χ0v) is 18.2. The van der Waals surface area contributed by atoms with Crippen LogP contribution in [0.3, 0.4) is 0 Å². The fraction of sp³-hybridized carbons (Fsp3) is 0.0833. The standard InChI is InChI=1S/C24H19ClN2O3S/c1-15-23(31-18-12-10-17(25)11-13-18)22-19(26-24(30)16-6-3-2-4-7-16)8-5-9-20(22)27(15)14-21(28)29/h2-13H,14H2,1H3,(H,26,30)(H,28,29). The molecule has 1 amide bonds. The van der Waals surface area contributed by atoms with E-state index in [0.717, 1.165) is 26.4 Å². The van der Waals surface area contributed by atoms with Crippen LogP contribution >= 0.6 is 23.4 Å². The number of carboxylic acid groups (broad SMARTS) is 1. The molecule has 0 fully saturated rings. The van der Waals surface area contributed by atoms with Gasteiger partial charge in [-0.25, -0.2) is 0 Å². The molecule has 0 aliphatic carbocycles. The molecular weight excluding hydrogens is 432 g/mol. The molecule has 0 aliphatic rings. The maximum Gasteiger partial charge on any atom is 0.323 e. The van der Waals surface area contributed by atoms with E-state index in [1.54, 1.807) is 16.7 Å². The maximum absolute atomic E-state index is 12.8. The lowest BCUT2D eigenvalue weighted by molar-refractivity contribution is -0.137. The van der Waals surface area contributed by atoms with Crippen molar-refractivity contribution in [3.8, 4) is 0 Å². The van der Waals surface area contributed by atoms with Gasteiger partial charge in [0.2, 0.25) is 0 Å². The molecule has 1 heterocycles. The number of nitrogens with one attached hydrogen (secondary N) is 1. The summed E-state index contributed by atoms with van der Waals surface area (Å²) < 4.78 is 1.76. The smallest absolute Gasteiger partial charge is 0.323 e. The van der Waals surface area contributed by atoms with Crippen molar-refractivity contribution in [2.24, 2.45) is 0 Å². The summed E-state index contributed by atoms with van der Waals surface area (Å²) in [5, 5.41) is 13.9. The van der Waals surface area contributed by atoms with Crippen molar-refractivity contribution in [2.45, 2.75) is 23.3 Å². The lowest BCUT2D eigenvalue weighted by Crippen LogP contribution is -2.12. The zero-order valence-electron chi connectivity index (χ0n) is 16.6. The Balaban J connectivity index is 1.84. The molecule has 4 aromatic rings. The molecule has 2 N–H and O–H groups in total. The summed E-state index contributed by atoms with van der Waals surface area (Å²) in [4.78, 5) is 26.2. The number of aliphatic carboxylic acids is 1. The van der Waals surface area contributed by atoms with Crippen molar-refractivity contribution in [3.05, 3.63) is 89.1 Å². The van der Waals surface area contributed by atoms with Crippen LogP contribution < -0.4 is 5.32 Å². The van der Waals surface area contributed by atoms with E-state index in [9.17, 15) is 14.7 Å². The molecule has 0 saturated heterocycles. The number of carbonyl (C=O) groups is 2. The third-order valence-corrected chi connectivity index (χ3v) is 6.37. The van der Waals surface area contributed by atoms with Gasteiger partial charge in [0.25, 0.3) is 5.91 Å². The number of fused-ring (bicyclic) bond motifs is 1. The van der Waals surface area contributed by atoms with E-state index in [-0.39, 0.29) is 12.5 Å². The molecule has 5 nitrogen and oxygen atoms in total. The van der Waals surface area contributed by atoms with Gasteiger partial charge in [-0.05, 0) is 55.5 Å². The number of amides is 1. The Morgan fingerprint density at radius 1 is 1.00 bits per heavy atom. The second-order valence-electron chi connectivity index (χ2n) is 6.97. The molecule has 0 unspecified atom stereocenters. The number of hydrogen-bond donors (Lipinski definition) is 2. The number of anilines is 1. The van der Waals surface area contributed by atoms with Gasteiger partial charge in [-0.15, -0.1) is 0 Å². The summed E-state index contributed by atoms with van der Waals surface area (Å²) in [5.41, 5.74) is 2.75. The molecule has 0 bridgehead atoms. The minimum absolute atomic E-state index is 0.167. The third-order valence-electron chi connectivity index (χ3n) is 4.90. The van der Waals surface area contributed by atoms with Crippen LogP contribution in [0.1, 0.15) is 16.1 Å². The van der Waals surface area contributed by atoms with Gasteiger partial charge in [0, 0.05) is 31.5 Å². The average Bonchev–Trinajstić information content (AvgIpc) is 3.02. The number of benzene rings is 3. The number of nitrogens with zero attached hydrogens (tertiary/aromatic N) is 1. The van der Waals surface area contributed by atoms with Gasteiger partial charge in [0.15, 0.2) is 0 Å². The first kappa shape index (κ1) is 21.0. The van der Waals surface area contributed by atoms with E-state index < -0.39 is 5.97 Å². The Hall–Kier alpha value is -3.22. The topological polar surface area (TPSA) is 71.3 Å². The molecule has 0 spiro atoms. The molecule has 156 valence electrons. The van der Waals surface area contributed by atoms with Crippen molar-refractivity contribution in [1.82, 2.24) is 4.57 Å². The van der Waals surface area contributed by atoms with Crippen molar-refractivity contribution in [3.63, 3.8) is 0 Å². The second kappa shape index (κ2) is 8.88. The normalized spacial score (nSPS) is 10.9. The SMILES string of the molecule is Cc1c(Sc2ccc(Cl)cc2)c2c(NC(=O)c3ccccc3)cccc2n1CC(=O)O. The largest absolute Gasteiger partial charge is 0.480 e. The molecular formula is C24H19ClN2O3S. The lowest BCUT2D eigenvalue weighted by atomic mass is 10.1. The number of carboxylic acids is 1. The number of halogens is 1. The monoisotopic (exact) mass is 450 g/mol. The van der Waals surface area contributed by atoms with Gasteiger partial charge in [0.1, 0.15) is 6.54 Å². The Morgan fingerprint density at radius 3 is 2.39 bits per heavy atom. The van der Waals surface area contributed by atoms with Gasteiger partial charge in [0.05, 0.1) is 11.2 Å². The van der Waals surface area contributed by atoms with Crippen molar-refractivity contribution in [1.29, 1.82) is 0 Å². The lowest BCUT2D eigenvalue weighted by Gasteiger charge is -2.09. The van der Waals surface area contributed by atoms with Crippen molar-refractivity contribution >= 4 is 51.8 Å². The zero-order chi connectivity index (χ0) is 22.0. The highest BCUT2D eigenvalue weighted by Gasteiger charge is 2.20. The van der Waals surface area contributed by atoms with E-state index in [1.807, 2.05) is 67.6 Å². The number of hydrogen-bond acceptors (Lipinski definition) is 3. The van der Waals surface area contributed by atoms with Crippen LogP contribution in [0.15, 0.2) is 82.6 Å². The minimum Gasteiger partial charge on any atom is -0.480 e. The average molecular weight is 451 g/mol. The summed E-state index contributed by atoms with van der Waals surface area (Å²) >= 11 is 7.53. The molecule has 3 aromatic carbocycles. The highest BCUT2D eigenvalue weighted by molar-refractivity contribution is 7.99. The fourth-order valence-corrected chi connectivity index (χ4v) is 4.67. The van der Waals surface area contributed by atoms with Gasteiger partial charge < -0.3 is 15.0 Å². The van der Waals surface area contributed by atoms with E-state index in [2.05, 4.69) is 5.32 Å². The first-order chi connectivity index (χ1) is 14.9. The Bertz CT molecular complexity index is 1270. The van der Waals surface area contributed by atoms with Gasteiger partial charge in [-0.1, -0.05) is 47.6 Å². The molecule has 1 aromatic heterocycles.